The molecule has 3 N–H and O–H groups in total. The largest absolute Gasteiger partial charge is 0.461 e. The predicted molar refractivity (Wildman–Crippen MR) is 94.0 cm³/mol. The smallest absolute Gasteiger partial charge is 0.333 e. The first-order chi connectivity index (χ1) is 11.2. The molecule has 1 heterocycles. The molecule has 0 radical (unpaired) electrons. The van der Waals surface area contributed by atoms with Gasteiger partial charge in [-0.15, -0.1) is 0 Å². The number of ether oxygens (including phenoxy) is 1. The number of para-hydroxylation sites is 2. The van der Waals surface area contributed by atoms with Crippen molar-refractivity contribution in [1.82, 2.24) is 0 Å². The average Bonchev–Trinajstić information content (AvgIpc) is 2.58. The number of hydrogen-bond acceptors (Lipinski definition) is 5. The molecule has 2 aromatic rings. The molecule has 0 unspecified atom stereocenters. The summed E-state index contributed by atoms with van der Waals surface area (Å²) in [5.41, 5.74) is 8.97. The van der Waals surface area contributed by atoms with Crippen molar-refractivity contribution in [2.45, 2.75) is 16.7 Å². The number of hydrogen-bond donors (Lipinski definition) is 2. The Kier molecular flexibility index (Phi) is 4.69. The Morgan fingerprint density at radius 2 is 2.00 bits per heavy atom. The Morgan fingerprint density at radius 3 is 2.83 bits per heavy atom. The van der Waals surface area contributed by atoms with E-state index in [-0.39, 0.29) is 12.6 Å². The van der Waals surface area contributed by atoms with Gasteiger partial charge in [0.2, 0.25) is 0 Å². The highest BCUT2D eigenvalue weighted by Crippen LogP contribution is 2.45. The molecule has 0 atom stereocenters. The summed E-state index contributed by atoms with van der Waals surface area (Å²) < 4.78 is 5.07. The van der Waals surface area contributed by atoms with Crippen molar-refractivity contribution in [3.63, 3.8) is 0 Å². The van der Waals surface area contributed by atoms with Crippen LogP contribution in [0, 0.1) is 0 Å². The summed E-state index contributed by atoms with van der Waals surface area (Å²) in [5.74, 6) is -0.336. The molecule has 5 heteroatoms. The molecule has 3 rings (SSSR count). The number of nitrogens with one attached hydrogen (secondary N) is 1. The van der Waals surface area contributed by atoms with Gasteiger partial charge in [0, 0.05) is 21.9 Å². The molecule has 1 aliphatic heterocycles. The Bertz CT molecular complexity index is 771. The fraction of sp³-hybridized carbons (Fsp3) is 0.167. The maximum Gasteiger partial charge on any atom is 0.333 e. The minimum atomic E-state index is -0.336. The number of benzene rings is 2. The van der Waals surface area contributed by atoms with Crippen molar-refractivity contribution in [3.05, 3.63) is 53.6 Å². The molecule has 0 spiro atoms. The van der Waals surface area contributed by atoms with Gasteiger partial charge < -0.3 is 15.8 Å². The van der Waals surface area contributed by atoms with Gasteiger partial charge in [-0.25, -0.2) is 4.79 Å². The summed E-state index contributed by atoms with van der Waals surface area (Å²) in [6.45, 7) is 2.31. The van der Waals surface area contributed by atoms with E-state index in [1.54, 1.807) is 18.7 Å². The van der Waals surface area contributed by atoms with Gasteiger partial charge in [-0.3, -0.25) is 0 Å². The molecule has 0 aromatic heterocycles. The molecule has 0 aliphatic carbocycles. The van der Waals surface area contributed by atoms with Gasteiger partial charge >= 0.3 is 5.97 Å². The quantitative estimate of drug-likeness (QED) is 0.564. The lowest BCUT2D eigenvalue weighted by molar-refractivity contribution is -0.138. The third kappa shape index (κ3) is 3.41. The summed E-state index contributed by atoms with van der Waals surface area (Å²) in [6.07, 6.45) is 1.85. The molecule has 0 bridgehead atoms. The van der Waals surface area contributed by atoms with Gasteiger partial charge in [0.25, 0.3) is 0 Å². The van der Waals surface area contributed by atoms with E-state index < -0.39 is 0 Å². The molecule has 118 valence electrons. The Morgan fingerprint density at radius 1 is 1.22 bits per heavy atom. The van der Waals surface area contributed by atoms with E-state index in [1.165, 1.54) is 4.90 Å². The van der Waals surface area contributed by atoms with Gasteiger partial charge in [-0.1, -0.05) is 36.0 Å². The van der Waals surface area contributed by atoms with E-state index in [1.807, 2.05) is 36.4 Å². The number of fused-ring (bicyclic) bond motifs is 2. The summed E-state index contributed by atoms with van der Waals surface area (Å²) in [5, 5.41) is 3.46. The topological polar surface area (TPSA) is 64.3 Å². The highest BCUT2D eigenvalue weighted by molar-refractivity contribution is 7.99. The highest BCUT2D eigenvalue weighted by atomic mass is 32.2. The zero-order valence-corrected chi connectivity index (χ0v) is 13.7. The van der Waals surface area contributed by atoms with Gasteiger partial charge in [0.05, 0.1) is 11.4 Å². The van der Waals surface area contributed by atoms with Gasteiger partial charge in [-0.2, -0.15) is 0 Å². The highest BCUT2D eigenvalue weighted by Gasteiger charge is 2.17. The molecule has 1 aliphatic rings. The number of anilines is 2. The van der Waals surface area contributed by atoms with Gasteiger partial charge in [0.15, 0.2) is 0 Å². The van der Waals surface area contributed by atoms with Crippen molar-refractivity contribution >= 4 is 35.2 Å². The standard InChI is InChI=1S/C18H18N2O2S/c1-12(18(21)22-10-9-19)11-13-5-4-8-16-17(13)20-14-6-2-3-7-15(14)23-16/h2-8,11,20H,9-10,19H2,1H3. The number of nitrogens with two attached hydrogens (primary N) is 1. The van der Waals surface area contributed by atoms with Crippen LogP contribution in [0.2, 0.25) is 0 Å². The van der Waals surface area contributed by atoms with Crippen LogP contribution in [-0.4, -0.2) is 19.1 Å². The molecule has 0 saturated heterocycles. The molecular weight excluding hydrogens is 308 g/mol. The zero-order valence-electron chi connectivity index (χ0n) is 12.8. The lowest BCUT2D eigenvalue weighted by Gasteiger charge is -2.22. The van der Waals surface area contributed by atoms with E-state index in [0.717, 1.165) is 21.8 Å². The predicted octanol–water partition coefficient (Wildman–Crippen LogP) is 3.80. The molecular formula is C18H18N2O2S. The first-order valence-electron chi connectivity index (χ1n) is 7.41. The van der Waals surface area contributed by atoms with Crippen molar-refractivity contribution in [2.24, 2.45) is 5.73 Å². The Balaban J connectivity index is 1.90. The van der Waals surface area contributed by atoms with Crippen LogP contribution in [0.5, 0.6) is 0 Å². The van der Waals surface area contributed by atoms with E-state index >= 15 is 0 Å². The minimum absolute atomic E-state index is 0.235. The monoisotopic (exact) mass is 326 g/mol. The van der Waals surface area contributed by atoms with Crippen LogP contribution in [-0.2, 0) is 9.53 Å². The molecule has 0 fully saturated rings. The van der Waals surface area contributed by atoms with Crippen LogP contribution in [0.3, 0.4) is 0 Å². The number of carbonyl (C=O) groups is 1. The van der Waals surface area contributed by atoms with Crippen LogP contribution in [0.1, 0.15) is 12.5 Å². The van der Waals surface area contributed by atoms with Crippen molar-refractivity contribution in [1.29, 1.82) is 0 Å². The lowest BCUT2D eigenvalue weighted by atomic mass is 10.1. The molecule has 23 heavy (non-hydrogen) atoms. The fourth-order valence-electron chi connectivity index (χ4n) is 2.36. The summed E-state index contributed by atoms with van der Waals surface area (Å²) in [6, 6.07) is 14.2. The number of rotatable bonds is 4. The maximum atomic E-state index is 11.9. The van der Waals surface area contributed by atoms with Crippen LogP contribution in [0.4, 0.5) is 11.4 Å². The summed E-state index contributed by atoms with van der Waals surface area (Å²) >= 11 is 1.72. The minimum Gasteiger partial charge on any atom is -0.461 e. The van der Waals surface area contributed by atoms with E-state index in [0.29, 0.717) is 12.1 Å². The number of esters is 1. The van der Waals surface area contributed by atoms with Gasteiger partial charge in [0.1, 0.15) is 6.61 Å². The Labute approximate surface area is 139 Å². The normalized spacial score (nSPS) is 12.9. The van der Waals surface area contributed by atoms with Crippen molar-refractivity contribution in [3.8, 4) is 0 Å². The lowest BCUT2D eigenvalue weighted by Crippen LogP contribution is -2.14. The van der Waals surface area contributed by atoms with E-state index in [4.69, 9.17) is 10.5 Å². The third-order valence-corrected chi connectivity index (χ3v) is 4.61. The maximum absolute atomic E-state index is 11.9. The Hall–Kier alpha value is -2.24. The third-order valence-electron chi connectivity index (χ3n) is 3.47. The second-order valence-electron chi connectivity index (χ2n) is 5.20. The van der Waals surface area contributed by atoms with E-state index in [2.05, 4.69) is 17.4 Å². The first-order valence-corrected chi connectivity index (χ1v) is 8.23. The number of carbonyl (C=O) groups excluding carboxylic acids is 1. The molecule has 4 nitrogen and oxygen atoms in total. The fourth-order valence-corrected chi connectivity index (χ4v) is 3.39. The molecule has 0 amide bonds. The van der Waals surface area contributed by atoms with Crippen molar-refractivity contribution < 1.29 is 9.53 Å². The van der Waals surface area contributed by atoms with Gasteiger partial charge in [-0.05, 0) is 36.8 Å². The van der Waals surface area contributed by atoms with Crippen LogP contribution >= 0.6 is 11.8 Å². The molecule has 0 saturated carbocycles. The van der Waals surface area contributed by atoms with Crippen LogP contribution < -0.4 is 11.1 Å². The van der Waals surface area contributed by atoms with Crippen LogP contribution in [0.25, 0.3) is 6.08 Å². The van der Waals surface area contributed by atoms with Crippen LogP contribution in [0.15, 0.2) is 57.8 Å². The van der Waals surface area contributed by atoms with Crippen molar-refractivity contribution in [2.75, 3.05) is 18.5 Å². The second kappa shape index (κ2) is 6.89. The average molecular weight is 326 g/mol. The molecule has 2 aromatic carbocycles. The summed E-state index contributed by atoms with van der Waals surface area (Å²) in [7, 11) is 0. The second-order valence-corrected chi connectivity index (χ2v) is 6.28. The zero-order chi connectivity index (χ0) is 16.2. The first kappa shape index (κ1) is 15.6. The SMILES string of the molecule is CC(=Cc1cccc2c1Nc1ccccc1S2)C(=O)OCCN. The summed E-state index contributed by atoms with van der Waals surface area (Å²) in [4.78, 5) is 14.2. The van der Waals surface area contributed by atoms with E-state index in [9.17, 15) is 4.79 Å².